The molecule has 0 atom stereocenters. The second-order valence-corrected chi connectivity index (χ2v) is 8.77. The number of aliphatic imine (C=N–C) groups is 1. The van der Waals surface area contributed by atoms with E-state index >= 15 is 0 Å². The van der Waals surface area contributed by atoms with Gasteiger partial charge in [0.2, 0.25) is 0 Å². The van der Waals surface area contributed by atoms with E-state index in [1.165, 1.54) is 5.56 Å². The molecule has 0 bridgehead atoms. The van der Waals surface area contributed by atoms with Gasteiger partial charge in [0, 0.05) is 16.5 Å². The van der Waals surface area contributed by atoms with Gasteiger partial charge in [-0.1, -0.05) is 52.0 Å². The highest BCUT2D eigenvalue weighted by Crippen LogP contribution is 2.44. The van der Waals surface area contributed by atoms with E-state index < -0.39 is 11.0 Å². The fraction of sp³-hybridized carbons (Fsp3) is 0.391. The lowest BCUT2D eigenvalue weighted by Gasteiger charge is -2.44. The van der Waals surface area contributed by atoms with Crippen LogP contribution >= 0.6 is 0 Å². The monoisotopic (exact) mass is 363 g/mol. The van der Waals surface area contributed by atoms with Gasteiger partial charge in [0.05, 0.1) is 16.6 Å². The summed E-state index contributed by atoms with van der Waals surface area (Å²) in [4.78, 5) is 9.77. The number of benzene rings is 2. The number of para-hydroxylation sites is 1. The minimum Gasteiger partial charge on any atom is -0.283 e. The Balaban J connectivity index is 2.04. The molecular formula is C23H26FN3. The number of imidazole rings is 1. The van der Waals surface area contributed by atoms with Gasteiger partial charge in [0.15, 0.2) is 0 Å². The summed E-state index contributed by atoms with van der Waals surface area (Å²) in [6.45, 7) is 12.6. The lowest BCUT2D eigenvalue weighted by atomic mass is 9.66. The van der Waals surface area contributed by atoms with Crippen LogP contribution in [0.15, 0.2) is 47.7 Å². The Morgan fingerprint density at radius 3 is 2.41 bits per heavy atom. The number of halogens is 1. The molecule has 4 heteroatoms. The highest BCUT2D eigenvalue weighted by molar-refractivity contribution is 6.07. The molecule has 2 aromatic carbocycles. The summed E-state index contributed by atoms with van der Waals surface area (Å²) in [5, 5.41) is 0. The topological polar surface area (TPSA) is 30.2 Å². The largest absolute Gasteiger partial charge is 0.283 e. The van der Waals surface area contributed by atoms with Crippen LogP contribution in [0.1, 0.15) is 64.2 Å². The summed E-state index contributed by atoms with van der Waals surface area (Å²) in [6, 6.07) is 11.5. The van der Waals surface area contributed by atoms with Crippen molar-refractivity contribution in [2.75, 3.05) is 0 Å². The van der Waals surface area contributed by atoms with Gasteiger partial charge >= 0.3 is 0 Å². The van der Waals surface area contributed by atoms with Gasteiger partial charge in [-0.05, 0) is 37.5 Å². The Morgan fingerprint density at radius 2 is 1.70 bits per heavy atom. The van der Waals surface area contributed by atoms with Crippen molar-refractivity contribution in [3.8, 4) is 0 Å². The third-order valence-electron chi connectivity index (χ3n) is 6.25. The van der Waals surface area contributed by atoms with Gasteiger partial charge < -0.3 is 0 Å². The zero-order valence-electron chi connectivity index (χ0n) is 16.8. The Hall–Kier alpha value is -2.49. The first kappa shape index (κ1) is 17.9. The Labute approximate surface area is 160 Å². The smallest absolute Gasteiger partial charge is 0.141 e. The lowest BCUT2D eigenvalue weighted by Crippen LogP contribution is -2.47. The summed E-state index contributed by atoms with van der Waals surface area (Å²) in [5.74, 6) is 0.966. The van der Waals surface area contributed by atoms with E-state index in [9.17, 15) is 4.39 Å². The average molecular weight is 363 g/mol. The van der Waals surface area contributed by atoms with E-state index in [1.807, 2.05) is 17.0 Å². The highest BCUT2D eigenvalue weighted by Gasteiger charge is 2.45. The van der Waals surface area contributed by atoms with Crippen LogP contribution in [0.2, 0.25) is 0 Å². The molecule has 0 saturated heterocycles. The number of aromatic nitrogens is 2. The number of rotatable bonds is 1. The van der Waals surface area contributed by atoms with E-state index in [1.54, 1.807) is 12.1 Å². The maximum Gasteiger partial charge on any atom is 0.141 e. The predicted octanol–water partition coefficient (Wildman–Crippen LogP) is 5.66. The molecule has 3 aromatic rings. The Kier molecular flexibility index (Phi) is 3.81. The number of hydrogen-bond acceptors (Lipinski definition) is 2. The molecule has 0 saturated carbocycles. The first-order valence-corrected chi connectivity index (χ1v) is 9.50. The SMILES string of the molecule is CC(C)c1cccc2c1ncn2C1=NC(C)(C)C(C)(C)c2c(F)cccc21. The number of nitrogens with zero attached hydrogens (tertiary/aromatic N) is 3. The van der Waals surface area contributed by atoms with Crippen LogP contribution in [0, 0.1) is 5.82 Å². The first-order chi connectivity index (χ1) is 12.6. The summed E-state index contributed by atoms with van der Waals surface area (Å²) in [5.41, 5.74) is 3.89. The zero-order chi connectivity index (χ0) is 19.6. The van der Waals surface area contributed by atoms with E-state index in [0.717, 1.165) is 28.0 Å². The van der Waals surface area contributed by atoms with Crippen LogP contribution < -0.4 is 0 Å². The molecule has 2 heterocycles. The van der Waals surface area contributed by atoms with E-state index in [-0.39, 0.29) is 5.82 Å². The van der Waals surface area contributed by atoms with Gasteiger partial charge in [0.25, 0.3) is 0 Å². The molecule has 0 amide bonds. The van der Waals surface area contributed by atoms with E-state index in [2.05, 4.69) is 64.7 Å². The lowest BCUT2D eigenvalue weighted by molar-refractivity contribution is 0.292. The molecule has 3 nitrogen and oxygen atoms in total. The van der Waals surface area contributed by atoms with Crippen molar-refractivity contribution >= 4 is 16.9 Å². The molecule has 0 unspecified atom stereocenters. The summed E-state index contributed by atoms with van der Waals surface area (Å²) in [7, 11) is 0. The molecule has 0 fully saturated rings. The van der Waals surface area contributed by atoms with Crippen LogP contribution in [0.4, 0.5) is 4.39 Å². The fourth-order valence-electron chi connectivity index (χ4n) is 4.00. The van der Waals surface area contributed by atoms with Crippen molar-refractivity contribution < 1.29 is 4.39 Å². The molecule has 0 aliphatic carbocycles. The van der Waals surface area contributed by atoms with Crippen molar-refractivity contribution in [2.45, 2.75) is 58.4 Å². The maximum atomic E-state index is 14.9. The van der Waals surface area contributed by atoms with Crippen molar-refractivity contribution in [1.29, 1.82) is 0 Å². The van der Waals surface area contributed by atoms with Gasteiger partial charge in [-0.3, -0.25) is 9.56 Å². The molecular weight excluding hydrogens is 337 g/mol. The van der Waals surface area contributed by atoms with Crippen LogP contribution in [0.3, 0.4) is 0 Å². The summed E-state index contributed by atoms with van der Waals surface area (Å²) >= 11 is 0. The van der Waals surface area contributed by atoms with Crippen molar-refractivity contribution in [2.24, 2.45) is 4.99 Å². The van der Waals surface area contributed by atoms with E-state index in [4.69, 9.17) is 4.99 Å². The first-order valence-electron chi connectivity index (χ1n) is 9.50. The minimum absolute atomic E-state index is 0.176. The highest BCUT2D eigenvalue weighted by atomic mass is 19.1. The van der Waals surface area contributed by atoms with E-state index in [0.29, 0.717) is 5.92 Å². The second kappa shape index (κ2) is 5.75. The maximum absolute atomic E-state index is 14.9. The van der Waals surface area contributed by atoms with Crippen LogP contribution in [-0.4, -0.2) is 20.9 Å². The van der Waals surface area contributed by atoms with Gasteiger partial charge in [-0.2, -0.15) is 0 Å². The van der Waals surface area contributed by atoms with Crippen LogP contribution in [-0.2, 0) is 5.41 Å². The molecule has 27 heavy (non-hydrogen) atoms. The molecule has 0 spiro atoms. The Bertz CT molecular complexity index is 1070. The zero-order valence-corrected chi connectivity index (χ0v) is 16.8. The van der Waals surface area contributed by atoms with Crippen molar-refractivity contribution in [3.05, 3.63) is 65.2 Å². The standard InChI is InChI=1S/C23H26FN3/c1-14(2)15-9-8-12-18-20(15)25-13-27(18)21-16-10-7-11-17(24)19(16)22(3,4)23(5,6)26-21/h7-14H,1-6H3. The third kappa shape index (κ3) is 2.46. The average Bonchev–Trinajstić information content (AvgIpc) is 3.02. The van der Waals surface area contributed by atoms with Crippen molar-refractivity contribution in [3.63, 3.8) is 0 Å². The summed E-state index contributed by atoms with van der Waals surface area (Å²) in [6.07, 6.45) is 1.82. The number of fused-ring (bicyclic) bond motifs is 2. The quantitative estimate of drug-likeness (QED) is 0.548. The van der Waals surface area contributed by atoms with Crippen molar-refractivity contribution in [1.82, 2.24) is 9.55 Å². The Morgan fingerprint density at radius 1 is 1.00 bits per heavy atom. The minimum atomic E-state index is -0.455. The summed E-state index contributed by atoms with van der Waals surface area (Å²) < 4.78 is 16.9. The normalized spacial score (nSPS) is 17.9. The van der Waals surface area contributed by atoms with Gasteiger partial charge in [-0.25, -0.2) is 9.37 Å². The van der Waals surface area contributed by atoms with Crippen LogP contribution in [0.5, 0.6) is 0 Å². The number of hydrogen-bond donors (Lipinski definition) is 0. The van der Waals surface area contributed by atoms with Gasteiger partial charge in [-0.15, -0.1) is 0 Å². The molecule has 1 aliphatic rings. The second-order valence-electron chi connectivity index (χ2n) is 8.77. The molecule has 0 radical (unpaired) electrons. The fourth-order valence-corrected chi connectivity index (χ4v) is 4.00. The molecule has 4 rings (SSSR count). The molecule has 1 aromatic heterocycles. The molecule has 0 N–H and O–H groups in total. The predicted molar refractivity (Wildman–Crippen MR) is 109 cm³/mol. The van der Waals surface area contributed by atoms with Crippen LogP contribution in [0.25, 0.3) is 11.0 Å². The third-order valence-corrected chi connectivity index (χ3v) is 6.25. The molecule has 1 aliphatic heterocycles. The van der Waals surface area contributed by atoms with Gasteiger partial charge in [0.1, 0.15) is 18.0 Å². The molecule has 140 valence electrons.